The fourth-order valence-corrected chi connectivity index (χ4v) is 4.02. The van der Waals surface area contributed by atoms with E-state index in [1.54, 1.807) is 18.2 Å². The molecule has 1 amide bonds. The first-order chi connectivity index (χ1) is 14.8. The Bertz CT molecular complexity index is 1060. The lowest BCUT2D eigenvalue weighted by Crippen LogP contribution is -2.44. The number of amides is 1. The van der Waals surface area contributed by atoms with Crippen molar-refractivity contribution in [3.63, 3.8) is 0 Å². The van der Waals surface area contributed by atoms with Gasteiger partial charge in [0.05, 0.1) is 11.5 Å². The predicted octanol–water partition coefficient (Wildman–Crippen LogP) is 1.04. The molecule has 0 saturated heterocycles. The third-order valence-corrected chi connectivity index (χ3v) is 6.08. The van der Waals surface area contributed by atoms with Crippen LogP contribution in [0.5, 0.6) is 11.5 Å². The number of nitrogens with one attached hydrogen (secondary N) is 2. The van der Waals surface area contributed by atoms with Crippen LogP contribution >= 0.6 is 15.9 Å². The van der Waals surface area contributed by atoms with Crippen LogP contribution in [0.1, 0.15) is 0 Å². The number of hydrogen-bond acceptors (Lipinski definition) is 8. The van der Waals surface area contributed by atoms with E-state index < -0.39 is 41.2 Å². The van der Waals surface area contributed by atoms with Crippen molar-refractivity contribution in [1.82, 2.24) is 4.72 Å². The maximum Gasteiger partial charge on any atom is 0.327 e. The van der Waals surface area contributed by atoms with E-state index in [1.807, 2.05) is 0 Å². The van der Waals surface area contributed by atoms with E-state index in [1.165, 1.54) is 24.3 Å². The minimum absolute atomic E-state index is 0.0988. The van der Waals surface area contributed by atoms with Crippen LogP contribution in [0, 0.1) is 0 Å². The lowest BCUT2D eigenvalue weighted by Gasteiger charge is -2.19. The molecule has 2 aromatic rings. The first-order valence-electron chi connectivity index (χ1n) is 9.03. The van der Waals surface area contributed by atoms with Crippen molar-refractivity contribution in [2.24, 2.45) is 0 Å². The van der Waals surface area contributed by atoms with Gasteiger partial charge in [-0.1, -0.05) is 15.9 Å². The summed E-state index contributed by atoms with van der Waals surface area (Å²) in [7, 11) is -4.09. The molecule has 0 bridgehead atoms. The molecule has 1 aliphatic rings. The topological polar surface area (TPSA) is 140 Å². The van der Waals surface area contributed by atoms with Crippen LogP contribution in [0.4, 0.5) is 5.69 Å². The molecule has 1 aliphatic heterocycles. The largest absolute Gasteiger partial charge is 0.486 e. The number of aliphatic hydroxyl groups is 1. The molecule has 166 valence electrons. The van der Waals surface area contributed by atoms with Crippen molar-refractivity contribution in [3.05, 3.63) is 46.9 Å². The van der Waals surface area contributed by atoms with Crippen molar-refractivity contribution < 1.29 is 37.3 Å². The smallest absolute Gasteiger partial charge is 0.327 e. The molecule has 0 saturated carbocycles. The summed E-state index contributed by atoms with van der Waals surface area (Å²) in [4.78, 5) is 24.1. The zero-order valence-electron chi connectivity index (χ0n) is 16.0. The zero-order chi connectivity index (χ0) is 22.4. The average molecular weight is 515 g/mol. The van der Waals surface area contributed by atoms with Gasteiger partial charge in [0.1, 0.15) is 19.3 Å². The van der Waals surface area contributed by atoms with E-state index in [0.717, 1.165) is 0 Å². The number of carbonyl (C=O) groups is 2. The molecule has 3 rings (SSSR count). The molecule has 0 radical (unpaired) electrons. The second kappa shape index (κ2) is 10.1. The summed E-state index contributed by atoms with van der Waals surface area (Å²) >= 11 is 3.20. The van der Waals surface area contributed by atoms with Gasteiger partial charge in [-0.25, -0.2) is 8.42 Å². The highest BCUT2D eigenvalue weighted by atomic mass is 79.9. The van der Waals surface area contributed by atoms with E-state index >= 15 is 0 Å². The zero-order valence-corrected chi connectivity index (χ0v) is 18.4. The number of rotatable bonds is 8. The highest BCUT2D eigenvalue weighted by Gasteiger charge is 2.27. The Hall–Kier alpha value is -2.67. The Kier molecular flexibility index (Phi) is 7.49. The highest BCUT2D eigenvalue weighted by Crippen LogP contribution is 2.32. The molecule has 0 aromatic heterocycles. The van der Waals surface area contributed by atoms with Gasteiger partial charge in [0.2, 0.25) is 10.0 Å². The fraction of sp³-hybridized carbons (Fsp3) is 0.263. The molecule has 3 N–H and O–H groups in total. The summed E-state index contributed by atoms with van der Waals surface area (Å²) in [6.07, 6.45) is 0. The van der Waals surface area contributed by atoms with Crippen LogP contribution in [0.25, 0.3) is 0 Å². The van der Waals surface area contributed by atoms with Crippen LogP contribution in [0.2, 0.25) is 0 Å². The number of fused-ring (bicyclic) bond motifs is 1. The molecule has 2 aromatic carbocycles. The van der Waals surface area contributed by atoms with Gasteiger partial charge in [0, 0.05) is 16.2 Å². The Morgan fingerprint density at radius 2 is 1.77 bits per heavy atom. The number of halogens is 1. The van der Waals surface area contributed by atoms with Crippen LogP contribution < -0.4 is 19.5 Å². The Morgan fingerprint density at radius 3 is 2.45 bits per heavy atom. The molecule has 10 nitrogen and oxygen atoms in total. The van der Waals surface area contributed by atoms with Gasteiger partial charge in [-0.15, -0.1) is 0 Å². The molecular formula is C19H19BrN2O8S. The third-order valence-electron chi connectivity index (χ3n) is 4.06. The van der Waals surface area contributed by atoms with Crippen molar-refractivity contribution >= 4 is 43.5 Å². The van der Waals surface area contributed by atoms with Gasteiger partial charge < -0.3 is 24.6 Å². The summed E-state index contributed by atoms with van der Waals surface area (Å²) in [5.41, 5.74) is 0.403. The van der Waals surface area contributed by atoms with E-state index in [9.17, 15) is 23.1 Å². The average Bonchev–Trinajstić information content (AvgIpc) is 2.76. The van der Waals surface area contributed by atoms with E-state index in [-0.39, 0.29) is 4.90 Å². The van der Waals surface area contributed by atoms with Gasteiger partial charge in [-0.3, -0.25) is 9.59 Å². The lowest BCUT2D eigenvalue weighted by molar-refractivity contribution is -0.149. The van der Waals surface area contributed by atoms with Gasteiger partial charge in [0.15, 0.2) is 18.1 Å². The normalized spacial score (nSPS) is 13.9. The summed E-state index contributed by atoms with van der Waals surface area (Å²) in [5.74, 6) is -0.721. The van der Waals surface area contributed by atoms with Gasteiger partial charge in [0.25, 0.3) is 5.91 Å². The lowest BCUT2D eigenvalue weighted by atomic mass is 10.2. The van der Waals surface area contributed by atoms with Crippen molar-refractivity contribution in [1.29, 1.82) is 0 Å². The first-order valence-corrected chi connectivity index (χ1v) is 11.3. The minimum Gasteiger partial charge on any atom is -0.486 e. The second-order valence-electron chi connectivity index (χ2n) is 6.32. The predicted molar refractivity (Wildman–Crippen MR) is 112 cm³/mol. The fourth-order valence-electron chi connectivity index (χ4n) is 2.58. The number of benzene rings is 2. The monoisotopic (exact) mass is 514 g/mol. The summed E-state index contributed by atoms with van der Waals surface area (Å²) in [6.45, 7) is -0.699. The van der Waals surface area contributed by atoms with Gasteiger partial charge >= 0.3 is 5.97 Å². The number of esters is 1. The van der Waals surface area contributed by atoms with Crippen molar-refractivity contribution in [2.45, 2.75) is 10.9 Å². The van der Waals surface area contributed by atoms with Crippen LogP contribution in [0.3, 0.4) is 0 Å². The Balaban J connectivity index is 1.54. The van der Waals surface area contributed by atoms with Crippen LogP contribution in [0.15, 0.2) is 51.8 Å². The first kappa shape index (κ1) is 23.0. The summed E-state index contributed by atoms with van der Waals surface area (Å²) in [5, 5.41) is 11.9. The minimum atomic E-state index is -4.09. The maximum absolute atomic E-state index is 12.4. The molecule has 1 heterocycles. The number of carbonyl (C=O) groups excluding carboxylic acids is 2. The molecular weight excluding hydrogens is 496 g/mol. The SMILES string of the molecule is O=C(COC(=O)C(CO)NS(=O)(=O)c1ccc(Br)cc1)Nc1ccc2c(c1)OCCO2. The standard InChI is InChI=1S/C19H19BrN2O8S/c20-12-1-4-14(5-2-12)31(26,27)22-15(10-23)19(25)30-11-18(24)21-13-3-6-16-17(9-13)29-8-7-28-16/h1-6,9,15,22-23H,7-8,10-11H2,(H,21,24). The number of sulfonamides is 1. The van der Waals surface area contributed by atoms with E-state index in [4.69, 9.17) is 14.2 Å². The van der Waals surface area contributed by atoms with E-state index in [2.05, 4.69) is 26.0 Å². The summed E-state index contributed by atoms with van der Waals surface area (Å²) in [6, 6.07) is 8.91. The van der Waals surface area contributed by atoms with Crippen molar-refractivity contribution in [3.8, 4) is 11.5 Å². The van der Waals surface area contributed by atoms with Crippen LogP contribution in [-0.4, -0.2) is 57.9 Å². The van der Waals surface area contributed by atoms with Crippen molar-refractivity contribution in [2.75, 3.05) is 31.7 Å². The highest BCUT2D eigenvalue weighted by molar-refractivity contribution is 9.10. The van der Waals surface area contributed by atoms with E-state index in [0.29, 0.717) is 34.9 Å². The quantitative estimate of drug-likeness (QED) is 0.444. The molecule has 1 atom stereocenters. The third kappa shape index (κ3) is 6.17. The number of hydrogen-bond donors (Lipinski definition) is 3. The molecule has 0 fully saturated rings. The number of aliphatic hydroxyl groups excluding tert-OH is 1. The molecule has 0 aliphatic carbocycles. The van der Waals surface area contributed by atoms with Crippen LogP contribution in [-0.2, 0) is 24.3 Å². The molecule has 0 spiro atoms. The molecule has 1 unspecified atom stereocenters. The number of anilines is 1. The Labute approximate surface area is 186 Å². The molecule has 12 heteroatoms. The Morgan fingerprint density at radius 1 is 1.10 bits per heavy atom. The second-order valence-corrected chi connectivity index (χ2v) is 8.95. The number of ether oxygens (including phenoxy) is 3. The summed E-state index contributed by atoms with van der Waals surface area (Å²) < 4.78 is 43.1. The van der Waals surface area contributed by atoms with Gasteiger partial charge in [-0.05, 0) is 36.4 Å². The molecule has 31 heavy (non-hydrogen) atoms. The van der Waals surface area contributed by atoms with Gasteiger partial charge in [-0.2, -0.15) is 4.72 Å². The maximum atomic E-state index is 12.4.